The average Bonchev–Trinajstić information content (AvgIpc) is 2.83. The molecule has 0 unspecified atom stereocenters. The summed E-state index contributed by atoms with van der Waals surface area (Å²) < 4.78 is 62.1. The number of amides is 1. The van der Waals surface area contributed by atoms with Gasteiger partial charge in [0.2, 0.25) is 0 Å². The van der Waals surface area contributed by atoms with Crippen LogP contribution in [0.2, 0.25) is 0 Å². The highest BCUT2D eigenvalue weighted by Gasteiger charge is 2.37. The van der Waals surface area contributed by atoms with Gasteiger partial charge in [0.15, 0.2) is 0 Å². The predicted octanol–water partition coefficient (Wildman–Crippen LogP) is 3.11. The third kappa shape index (κ3) is 6.34. The van der Waals surface area contributed by atoms with E-state index in [4.69, 9.17) is 4.74 Å². The van der Waals surface area contributed by atoms with E-state index in [1.165, 1.54) is 43.5 Å². The Morgan fingerprint density at radius 2 is 1.51 bits per heavy atom. The van der Waals surface area contributed by atoms with Crippen molar-refractivity contribution in [3.8, 4) is 0 Å². The standard InChI is InChI=1S/C24H29F2N3O5S/c1-16(2)22(24(31)34-3)27-35(32,33)29(20-10-8-19(26)9-11-20)21-12-14-28(15-13-21)23(30)17-4-6-18(25)7-5-17/h4-11,16,21-22,27H,12-15H2,1-3H3/t22-/m0/s1. The summed E-state index contributed by atoms with van der Waals surface area (Å²) >= 11 is 0. The molecule has 1 N–H and O–H groups in total. The lowest BCUT2D eigenvalue weighted by Crippen LogP contribution is -2.56. The first-order valence-corrected chi connectivity index (χ1v) is 12.7. The maximum absolute atomic E-state index is 13.6. The number of piperidine rings is 1. The number of nitrogens with one attached hydrogen (secondary N) is 1. The summed E-state index contributed by atoms with van der Waals surface area (Å²) in [6.45, 7) is 3.90. The van der Waals surface area contributed by atoms with Crippen molar-refractivity contribution in [1.82, 2.24) is 9.62 Å². The van der Waals surface area contributed by atoms with E-state index < -0.39 is 39.9 Å². The van der Waals surface area contributed by atoms with Crippen molar-refractivity contribution in [2.45, 2.75) is 38.8 Å². The number of anilines is 1. The summed E-state index contributed by atoms with van der Waals surface area (Å²) in [6.07, 6.45) is 0.603. The molecule has 2 aromatic carbocycles. The van der Waals surface area contributed by atoms with Crippen LogP contribution in [-0.2, 0) is 19.7 Å². The molecule has 1 amide bonds. The van der Waals surface area contributed by atoms with E-state index in [-0.39, 0.29) is 30.6 Å². The highest BCUT2D eigenvalue weighted by molar-refractivity contribution is 7.91. The molecule has 2 aromatic rings. The average molecular weight is 510 g/mol. The Hall–Kier alpha value is -3.05. The van der Waals surface area contributed by atoms with Gasteiger partial charge in [0.05, 0.1) is 12.8 Å². The molecular weight excluding hydrogens is 480 g/mol. The number of carbonyl (C=O) groups is 2. The van der Waals surface area contributed by atoms with Crippen LogP contribution in [0, 0.1) is 17.6 Å². The number of likely N-dealkylation sites (tertiary alicyclic amines) is 1. The van der Waals surface area contributed by atoms with Crippen LogP contribution in [0.1, 0.15) is 37.0 Å². The second-order valence-electron chi connectivity index (χ2n) is 8.67. The maximum Gasteiger partial charge on any atom is 0.324 e. The first-order valence-electron chi connectivity index (χ1n) is 11.2. The molecule has 0 bridgehead atoms. The SMILES string of the molecule is COC(=O)[C@@H](NS(=O)(=O)N(c1ccc(F)cc1)C1CCN(C(=O)c2ccc(F)cc2)CC1)C(C)C. The minimum absolute atomic E-state index is 0.231. The smallest absolute Gasteiger partial charge is 0.324 e. The van der Waals surface area contributed by atoms with Crippen LogP contribution in [0.4, 0.5) is 14.5 Å². The number of rotatable bonds is 8. The molecule has 0 saturated carbocycles. The van der Waals surface area contributed by atoms with Gasteiger partial charge in [-0.1, -0.05) is 13.8 Å². The number of ether oxygens (including phenoxy) is 1. The van der Waals surface area contributed by atoms with Gasteiger partial charge in [0.25, 0.3) is 5.91 Å². The zero-order chi connectivity index (χ0) is 25.8. The first-order chi connectivity index (χ1) is 16.5. The third-order valence-corrected chi connectivity index (χ3v) is 7.49. The molecule has 1 atom stereocenters. The van der Waals surface area contributed by atoms with E-state index in [2.05, 4.69) is 4.72 Å². The molecule has 11 heteroatoms. The Morgan fingerprint density at radius 3 is 2.00 bits per heavy atom. The lowest BCUT2D eigenvalue weighted by Gasteiger charge is -2.39. The molecule has 1 aliphatic heterocycles. The molecule has 0 radical (unpaired) electrons. The first kappa shape index (κ1) is 26.6. The van der Waals surface area contributed by atoms with Crippen molar-refractivity contribution in [2.24, 2.45) is 5.92 Å². The van der Waals surface area contributed by atoms with E-state index >= 15 is 0 Å². The number of nitrogens with zero attached hydrogens (tertiary/aromatic N) is 2. The highest BCUT2D eigenvalue weighted by atomic mass is 32.2. The van der Waals surface area contributed by atoms with E-state index in [1.807, 2.05) is 0 Å². The van der Waals surface area contributed by atoms with Crippen LogP contribution >= 0.6 is 0 Å². The molecule has 3 rings (SSSR count). The predicted molar refractivity (Wildman–Crippen MR) is 127 cm³/mol. The summed E-state index contributed by atoms with van der Waals surface area (Å²) in [7, 11) is -3.09. The van der Waals surface area contributed by atoms with Crippen LogP contribution in [0.3, 0.4) is 0 Å². The molecule has 1 aliphatic rings. The minimum Gasteiger partial charge on any atom is -0.468 e. The summed E-state index contributed by atoms with van der Waals surface area (Å²) in [5.74, 6) is -2.35. The fraction of sp³-hybridized carbons (Fsp3) is 0.417. The Morgan fingerprint density at radius 1 is 1.00 bits per heavy atom. The summed E-state index contributed by atoms with van der Waals surface area (Å²) in [5.41, 5.74) is 0.571. The van der Waals surface area contributed by atoms with Gasteiger partial charge < -0.3 is 9.64 Å². The van der Waals surface area contributed by atoms with Gasteiger partial charge in [-0.2, -0.15) is 13.1 Å². The lowest BCUT2D eigenvalue weighted by atomic mass is 10.0. The molecule has 0 spiro atoms. The largest absolute Gasteiger partial charge is 0.468 e. The number of hydrogen-bond acceptors (Lipinski definition) is 5. The van der Waals surface area contributed by atoms with E-state index in [9.17, 15) is 26.8 Å². The van der Waals surface area contributed by atoms with E-state index in [0.717, 1.165) is 16.4 Å². The van der Waals surface area contributed by atoms with Crippen molar-refractivity contribution in [2.75, 3.05) is 24.5 Å². The van der Waals surface area contributed by atoms with Crippen molar-refractivity contribution in [1.29, 1.82) is 0 Å². The number of esters is 1. The van der Waals surface area contributed by atoms with Crippen molar-refractivity contribution < 1.29 is 31.5 Å². The molecule has 0 aromatic heterocycles. The number of carbonyl (C=O) groups excluding carboxylic acids is 2. The van der Waals surface area contributed by atoms with Gasteiger partial charge in [0.1, 0.15) is 17.7 Å². The minimum atomic E-state index is -4.27. The van der Waals surface area contributed by atoms with Crippen molar-refractivity contribution in [3.63, 3.8) is 0 Å². The molecule has 1 heterocycles. The highest BCUT2D eigenvalue weighted by Crippen LogP contribution is 2.28. The van der Waals surface area contributed by atoms with Crippen molar-refractivity contribution >= 4 is 27.8 Å². The van der Waals surface area contributed by atoms with Gasteiger partial charge in [-0.05, 0) is 67.3 Å². The zero-order valence-electron chi connectivity index (χ0n) is 19.8. The van der Waals surface area contributed by atoms with Gasteiger partial charge in [-0.3, -0.25) is 13.9 Å². The Balaban J connectivity index is 1.84. The Bertz CT molecular complexity index is 1130. The van der Waals surface area contributed by atoms with Gasteiger partial charge >= 0.3 is 16.2 Å². The number of methoxy groups -OCH3 is 1. The van der Waals surface area contributed by atoms with Crippen LogP contribution in [0.15, 0.2) is 48.5 Å². The van der Waals surface area contributed by atoms with Crippen LogP contribution < -0.4 is 9.03 Å². The number of hydrogen-bond donors (Lipinski definition) is 1. The molecule has 35 heavy (non-hydrogen) atoms. The lowest BCUT2D eigenvalue weighted by molar-refractivity contribution is -0.143. The molecule has 1 saturated heterocycles. The Labute approximate surface area is 204 Å². The second-order valence-corrected chi connectivity index (χ2v) is 10.2. The van der Waals surface area contributed by atoms with Crippen LogP contribution in [-0.4, -0.2) is 57.5 Å². The normalized spacial score (nSPS) is 15.7. The number of benzene rings is 2. The van der Waals surface area contributed by atoms with Gasteiger partial charge in [-0.15, -0.1) is 0 Å². The van der Waals surface area contributed by atoms with Crippen molar-refractivity contribution in [3.05, 3.63) is 65.7 Å². The fourth-order valence-corrected chi connectivity index (χ4v) is 5.82. The topological polar surface area (TPSA) is 96.0 Å². The molecule has 0 aliphatic carbocycles. The third-order valence-electron chi connectivity index (χ3n) is 5.91. The monoisotopic (exact) mass is 509 g/mol. The molecule has 190 valence electrons. The number of halogens is 2. The van der Waals surface area contributed by atoms with Crippen LogP contribution in [0.5, 0.6) is 0 Å². The van der Waals surface area contributed by atoms with Gasteiger partial charge in [0, 0.05) is 24.7 Å². The summed E-state index contributed by atoms with van der Waals surface area (Å²) in [6, 6.07) is 8.58. The quantitative estimate of drug-likeness (QED) is 0.552. The molecule has 8 nitrogen and oxygen atoms in total. The Kier molecular flexibility index (Phi) is 8.44. The molecule has 1 fully saturated rings. The zero-order valence-corrected chi connectivity index (χ0v) is 20.6. The molecular formula is C24H29F2N3O5S. The second kappa shape index (κ2) is 11.1. The summed E-state index contributed by atoms with van der Waals surface area (Å²) in [4.78, 5) is 26.6. The van der Waals surface area contributed by atoms with Gasteiger partial charge in [-0.25, -0.2) is 8.78 Å². The summed E-state index contributed by atoms with van der Waals surface area (Å²) in [5, 5.41) is 0. The van der Waals surface area contributed by atoms with E-state index in [1.54, 1.807) is 18.7 Å². The fourth-order valence-electron chi connectivity index (χ4n) is 4.01. The van der Waals surface area contributed by atoms with E-state index in [0.29, 0.717) is 18.4 Å². The maximum atomic E-state index is 13.6. The van der Waals surface area contributed by atoms with Crippen LogP contribution in [0.25, 0.3) is 0 Å².